The molecule has 2 aromatic heterocycles. The monoisotopic (exact) mass is 507 g/mol. The molecule has 4 aromatic rings. The normalized spacial score (nSPS) is 14.9. The lowest BCUT2D eigenvalue weighted by Gasteiger charge is -2.28. The number of rotatable bonds is 8. The van der Waals surface area contributed by atoms with E-state index in [1.807, 2.05) is 35.7 Å². The Bertz CT molecular complexity index is 1430. The number of nitrogens with zero attached hydrogens (tertiary/aromatic N) is 4. The van der Waals surface area contributed by atoms with Gasteiger partial charge < -0.3 is 9.47 Å². The smallest absolute Gasteiger partial charge is 0.165 e. The summed E-state index contributed by atoms with van der Waals surface area (Å²) >= 11 is 6.68. The Kier molecular flexibility index (Phi) is 6.03. The summed E-state index contributed by atoms with van der Waals surface area (Å²) in [5.41, 5.74) is 9.77. The highest BCUT2D eigenvalue weighted by Crippen LogP contribution is 2.39. The van der Waals surface area contributed by atoms with Gasteiger partial charge in [0, 0.05) is 17.7 Å². The molecule has 0 atom stereocenters. The second-order valence-corrected chi connectivity index (χ2v) is 9.82. The third-order valence-electron chi connectivity index (χ3n) is 6.80. The lowest BCUT2D eigenvalue weighted by Crippen LogP contribution is -2.41. The molecule has 0 radical (unpaired) electrons. The Morgan fingerprint density at radius 1 is 1.19 bits per heavy atom. The number of nitrogens with one attached hydrogen (secondary N) is 1. The minimum atomic E-state index is -0.249. The predicted octanol–water partition coefficient (Wildman–Crippen LogP) is 5.46. The molecule has 0 saturated heterocycles. The quantitative estimate of drug-likeness (QED) is 0.320. The molecular weight excluding hydrogens is 481 g/mol. The van der Waals surface area contributed by atoms with Crippen LogP contribution in [0.1, 0.15) is 35.4 Å². The van der Waals surface area contributed by atoms with Crippen LogP contribution in [0.4, 0.5) is 10.2 Å². The molecule has 0 bridgehead atoms. The lowest BCUT2D eigenvalue weighted by atomic mass is 10.1. The molecule has 36 heavy (non-hydrogen) atoms. The summed E-state index contributed by atoms with van der Waals surface area (Å²) in [5, 5.41) is 7.62. The molecule has 2 aliphatic rings. The van der Waals surface area contributed by atoms with Crippen LogP contribution in [0.3, 0.4) is 0 Å². The number of fused-ring (bicyclic) bond motifs is 2. The van der Waals surface area contributed by atoms with Crippen molar-refractivity contribution in [3.8, 4) is 16.9 Å². The van der Waals surface area contributed by atoms with E-state index in [1.165, 1.54) is 25.0 Å². The molecule has 9 heteroatoms. The fraction of sp³-hybridized carbons (Fsp3) is 0.333. The highest BCUT2D eigenvalue weighted by Gasteiger charge is 2.30. The Morgan fingerprint density at radius 3 is 2.72 bits per heavy atom. The van der Waals surface area contributed by atoms with Crippen LogP contribution in [0.15, 0.2) is 42.5 Å². The van der Waals surface area contributed by atoms with Crippen LogP contribution in [0.2, 0.25) is 5.02 Å². The van der Waals surface area contributed by atoms with Gasteiger partial charge in [0.1, 0.15) is 11.6 Å². The van der Waals surface area contributed by atoms with Crippen molar-refractivity contribution in [1.82, 2.24) is 20.0 Å². The van der Waals surface area contributed by atoms with E-state index in [-0.39, 0.29) is 5.82 Å². The first kappa shape index (κ1) is 23.2. The number of anilines is 1. The molecule has 6 rings (SSSR count). The summed E-state index contributed by atoms with van der Waals surface area (Å²) in [6.45, 7) is 4.26. The van der Waals surface area contributed by atoms with Crippen LogP contribution < -0.4 is 15.2 Å². The first-order chi connectivity index (χ1) is 17.5. The highest BCUT2D eigenvalue weighted by atomic mass is 35.5. The van der Waals surface area contributed by atoms with Crippen LogP contribution in [-0.4, -0.2) is 28.3 Å². The fourth-order valence-electron chi connectivity index (χ4n) is 4.69. The van der Waals surface area contributed by atoms with E-state index in [0.29, 0.717) is 36.4 Å². The maximum Gasteiger partial charge on any atom is 0.165 e. The van der Waals surface area contributed by atoms with Crippen LogP contribution in [0.25, 0.3) is 16.8 Å². The van der Waals surface area contributed by atoms with Gasteiger partial charge in [-0.2, -0.15) is 9.61 Å². The topological polar surface area (TPSA) is 63.9 Å². The molecular formula is C27H27ClFN5O2. The summed E-state index contributed by atoms with van der Waals surface area (Å²) < 4.78 is 26.7. The van der Waals surface area contributed by atoms with Gasteiger partial charge in [-0.05, 0) is 61.6 Å². The van der Waals surface area contributed by atoms with Crippen molar-refractivity contribution in [3.05, 3.63) is 75.8 Å². The van der Waals surface area contributed by atoms with Gasteiger partial charge >= 0.3 is 0 Å². The maximum absolute atomic E-state index is 13.6. The van der Waals surface area contributed by atoms with E-state index < -0.39 is 0 Å². The molecule has 1 aliphatic heterocycles. The number of benzene rings is 2. The standard InChI is InChI=1S/C27H27ClFN5O2/c1-16-25(21-10-9-20(35-2)11-23(21)28)26-31-24-15-36-14-22(24)27(34(26)32-16)33(30-12-17-3-4-17)13-18-5-7-19(29)8-6-18/h5-11,17,30H,3-4,12-15H2,1-2H3. The van der Waals surface area contributed by atoms with Crippen LogP contribution >= 0.6 is 11.6 Å². The molecule has 7 nitrogen and oxygen atoms in total. The first-order valence-corrected chi connectivity index (χ1v) is 12.5. The SMILES string of the molecule is COc1ccc(-c2c(C)nn3c(N(Cc4ccc(F)cc4)NCC4CC4)c4c(nc23)COC4)c(Cl)c1. The molecule has 2 aromatic carbocycles. The van der Waals surface area contributed by atoms with Gasteiger partial charge in [0.15, 0.2) is 11.5 Å². The fourth-order valence-corrected chi connectivity index (χ4v) is 4.96. The van der Waals surface area contributed by atoms with E-state index in [4.69, 9.17) is 31.2 Å². The van der Waals surface area contributed by atoms with Crippen molar-refractivity contribution in [3.63, 3.8) is 0 Å². The van der Waals surface area contributed by atoms with Crippen molar-refractivity contribution < 1.29 is 13.9 Å². The summed E-state index contributed by atoms with van der Waals surface area (Å²) in [6.07, 6.45) is 2.46. The van der Waals surface area contributed by atoms with Gasteiger partial charge in [0.2, 0.25) is 0 Å². The number of hydrazine groups is 1. The minimum Gasteiger partial charge on any atom is -0.497 e. The second-order valence-electron chi connectivity index (χ2n) is 9.41. The number of aryl methyl sites for hydroxylation is 1. The van der Waals surface area contributed by atoms with Crippen molar-refractivity contribution >= 4 is 23.1 Å². The third kappa shape index (κ3) is 4.30. The molecule has 1 N–H and O–H groups in total. The average Bonchev–Trinajstić information content (AvgIpc) is 3.49. The van der Waals surface area contributed by atoms with Gasteiger partial charge in [-0.15, -0.1) is 0 Å². The summed E-state index contributed by atoms with van der Waals surface area (Å²) in [6, 6.07) is 12.2. The van der Waals surface area contributed by atoms with E-state index in [2.05, 4.69) is 10.4 Å². The van der Waals surface area contributed by atoms with Gasteiger partial charge in [0.05, 0.1) is 48.8 Å². The van der Waals surface area contributed by atoms with Gasteiger partial charge in [-0.1, -0.05) is 23.7 Å². The molecule has 0 amide bonds. The molecule has 1 saturated carbocycles. The third-order valence-corrected chi connectivity index (χ3v) is 7.12. The van der Waals surface area contributed by atoms with Crippen LogP contribution in [0.5, 0.6) is 5.75 Å². The van der Waals surface area contributed by atoms with Gasteiger partial charge in [-0.3, -0.25) is 5.01 Å². The Labute approximate surface area is 213 Å². The molecule has 1 aliphatic carbocycles. The van der Waals surface area contributed by atoms with Crippen LogP contribution in [-0.2, 0) is 24.5 Å². The van der Waals surface area contributed by atoms with Gasteiger partial charge in [-0.25, -0.2) is 14.8 Å². The number of ether oxygens (including phenoxy) is 2. The van der Waals surface area contributed by atoms with E-state index in [0.717, 1.165) is 51.7 Å². The molecule has 3 heterocycles. The Balaban J connectivity index is 1.51. The second kappa shape index (κ2) is 9.35. The number of hydrogen-bond donors (Lipinski definition) is 1. The zero-order valence-corrected chi connectivity index (χ0v) is 21.0. The number of halogens is 2. The molecule has 0 unspecified atom stereocenters. The minimum absolute atomic E-state index is 0.249. The van der Waals surface area contributed by atoms with E-state index >= 15 is 0 Å². The van der Waals surface area contributed by atoms with Crippen molar-refractivity contribution in [2.24, 2.45) is 5.92 Å². The zero-order valence-electron chi connectivity index (χ0n) is 20.2. The summed E-state index contributed by atoms with van der Waals surface area (Å²) in [7, 11) is 1.62. The van der Waals surface area contributed by atoms with Gasteiger partial charge in [0.25, 0.3) is 0 Å². The van der Waals surface area contributed by atoms with E-state index in [9.17, 15) is 4.39 Å². The highest BCUT2D eigenvalue weighted by molar-refractivity contribution is 6.33. The zero-order chi connectivity index (χ0) is 24.8. The number of hydrogen-bond acceptors (Lipinski definition) is 6. The maximum atomic E-state index is 13.6. The van der Waals surface area contributed by atoms with Crippen molar-refractivity contribution in [2.75, 3.05) is 18.7 Å². The van der Waals surface area contributed by atoms with Crippen molar-refractivity contribution in [1.29, 1.82) is 0 Å². The average molecular weight is 508 g/mol. The molecule has 186 valence electrons. The first-order valence-electron chi connectivity index (χ1n) is 12.1. The number of methoxy groups -OCH3 is 1. The molecule has 1 fully saturated rings. The molecule has 0 spiro atoms. The van der Waals surface area contributed by atoms with Crippen LogP contribution in [0, 0.1) is 18.7 Å². The number of aromatic nitrogens is 3. The summed E-state index contributed by atoms with van der Waals surface area (Å²) in [4.78, 5) is 4.99. The lowest BCUT2D eigenvalue weighted by molar-refractivity contribution is 0.133. The van der Waals surface area contributed by atoms with Crippen molar-refractivity contribution in [2.45, 2.75) is 39.5 Å². The summed E-state index contributed by atoms with van der Waals surface area (Å²) in [5.74, 6) is 1.99. The Morgan fingerprint density at radius 2 is 2.00 bits per heavy atom. The predicted molar refractivity (Wildman–Crippen MR) is 137 cm³/mol. The largest absolute Gasteiger partial charge is 0.497 e. The van der Waals surface area contributed by atoms with E-state index in [1.54, 1.807) is 13.2 Å². The Hall–Kier alpha value is -3.20.